The number of nitrogens with one attached hydrogen (secondary N) is 1. The van der Waals surface area contributed by atoms with Gasteiger partial charge in [0.1, 0.15) is 6.04 Å². The highest BCUT2D eigenvalue weighted by Crippen LogP contribution is 2.12. The van der Waals surface area contributed by atoms with E-state index in [0.29, 0.717) is 32.5 Å². The summed E-state index contributed by atoms with van der Waals surface area (Å²) < 4.78 is 5.08. The van der Waals surface area contributed by atoms with E-state index in [-0.39, 0.29) is 11.8 Å². The Hall–Kier alpha value is -1.36. The van der Waals surface area contributed by atoms with Gasteiger partial charge in [-0.3, -0.25) is 4.79 Å². The lowest BCUT2D eigenvalue weighted by Crippen LogP contribution is -2.43. The zero-order valence-electron chi connectivity index (χ0n) is 9.15. The van der Waals surface area contributed by atoms with Crippen LogP contribution >= 0.6 is 0 Å². The van der Waals surface area contributed by atoms with E-state index in [1.165, 1.54) is 0 Å². The number of allylic oxidation sites excluding steroid dienone is 1. The van der Waals surface area contributed by atoms with E-state index in [0.717, 1.165) is 0 Å². The lowest BCUT2D eigenvalue weighted by molar-refractivity contribution is -0.142. The summed E-state index contributed by atoms with van der Waals surface area (Å²) in [6, 6.07) is -0.828. The maximum atomic E-state index is 11.6. The van der Waals surface area contributed by atoms with Gasteiger partial charge in [0.25, 0.3) is 0 Å². The van der Waals surface area contributed by atoms with Crippen molar-refractivity contribution < 1.29 is 19.4 Å². The first-order valence-electron chi connectivity index (χ1n) is 5.37. The molecule has 0 radical (unpaired) electrons. The topological polar surface area (TPSA) is 75.6 Å². The summed E-state index contributed by atoms with van der Waals surface area (Å²) in [5, 5.41) is 11.4. The van der Waals surface area contributed by atoms with Crippen molar-refractivity contribution in [2.24, 2.45) is 5.92 Å². The zero-order chi connectivity index (χ0) is 12.0. The van der Waals surface area contributed by atoms with Crippen LogP contribution in [0.3, 0.4) is 0 Å². The van der Waals surface area contributed by atoms with Crippen molar-refractivity contribution in [3.63, 3.8) is 0 Å². The minimum absolute atomic E-state index is 0.203. The molecule has 0 aromatic heterocycles. The van der Waals surface area contributed by atoms with Crippen molar-refractivity contribution in [1.29, 1.82) is 0 Å². The molecule has 5 heteroatoms. The van der Waals surface area contributed by atoms with E-state index >= 15 is 0 Å². The van der Waals surface area contributed by atoms with Crippen LogP contribution in [0, 0.1) is 5.92 Å². The van der Waals surface area contributed by atoms with E-state index in [1.807, 2.05) is 0 Å². The van der Waals surface area contributed by atoms with Crippen LogP contribution in [0.25, 0.3) is 0 Å². The van der Waals surface area contributed by atoms with Crippen LogP contribution in [0.2, 0.25) is 0 Å². The summed E-state index contributed by atoms with van der Waals surface area (Å²) in [6.45, 7) is 4.48. The number of aliphatic carboxylic acids is 1. The number of rotatable bonds is 6. The summed E-state index contributed by atoms with van der Waals surface area (Å²) in [5.41, 5.74) is 0. The predicted octanol–water partition coefficient (Wildman–Crippen LogP) is 0.558. The molecule has 90 valence electrons. The number of carboxylic acids is 1. The number of carboxylic acid groups (broad SMARTS) is 1. The van der Waals surface area contributed by atoms with Crippen LogP contribution in [0.4, 0.5) is 0 Å². The lowest BCUT2D eigenvalue weighted by Gasteiger charge is -2.15. The molecule has 2 atom stereocenters. The van der Waals surface area contributed by atoms with Gasteiger partial charge in [0.2, 0.25) is 5.91 Å². The Kier molecular flexibility index (Phi) is 4.98. The van der Waals surface area contributed by atoms with E-state index in [9.17, 15) is 9.59 Å². The third-order valence-electron chi connectivity index (χ3n) is 2.57. The van der Waals surface area contributed by atoms with Crippen LogP contribution in [-0.2, 0) is 14.3 Å². The van der Waals surface area contributed by atoms with Gasteiger partial charge in [-0.05, 0) is 19.3 Å². The Labute approximate surface area is 94.5 Å². The molecule has 0 aromatic rings. The van der Waals surface area contributed by atoms with Gasteiger partial charge >= 0.3 is 5.97 Å². The Bertz CT molecular complexity index is 271. The van der Waals surface area contributed by atoms with E-state index in [4.69, 9.17) is 9.84 Å². The second-order valence-electron chi connectivity index (χ2n) is 3.83. The van der Waals surface area contributed by atoms with E-state index in [2.05, 4.69) is 11.9 Å². The van der Waals surface area contributed by atoms with Crippen LogP contribution in [0.1, 0.15) is 19.3 Å². The van der Waals surface area contributed by atoms with Crippen molar-refractivity contribution in [2.75, 3.05) is 13.2 Å². The fourth-order valence-electron chi connectivity index (χ4n) is 1.57. The maximum Gasteiger partial charge on any atom is 0.326 e. The van der Waals surface area contributed by atoms with Gasteiger partial charge in [0.05, 0.1) is 12.5 Å². The molecule has 1 aliphatic heterocycles. The minimum Gasteiger partial charge on any atom is -0.480 e. The van der Waals surface area contributed by atoms with Crippen LogP contribution in [0.5, 0.6) is 0 Å². The molecule has 2 N–H and O–H groups in total. The molecule has 0 saturated carbocycles. The Morgan fingerprint density at radius 2 is 2.38 bits per heavy atom. The summed E-state index contributed by atoms with van der Waals surface area (Å²) in [6.07, 6.45) is 3.25. The molecule has 16 heavy (non-hydrogen) atoms. The van der Waals surface area contributed by atoms with Gasteiger partial charge in [0.15, 0.2) is 0 Å². The molecule has 1 amide bonds. The minimum atomic E-state index is -1.01. The average Bonchev–Trinajstić information content (AvgIpc) is 2.76. The smallest absolute Gasteiger partial charge is 0.326 e. The monoisotopic (exact) mass is 227 g/mol. The highest BCUT2D eigenvalue weighted by atomic mass is 16.5. The first kappa shape index (κ1) is 12.7. The molecule has 0 aliphatic carbocycles. The largest absolute Gasteiger partial charge is 0.480 e. The van der Waals surface area contributed by atoms with Gasteiger partial charge in [-0.15, -0.1) is 6.58 Å². The molecular weight excluding hydrogens is 210 g/mol. The molecule has 1 heterocycles. The molecular formula is C11H17NO4. The summed E-state index contributed by atoms with van der Waals surface area (Å²) in [4.78, 5) is 22.5. The number of hydrogen-bond acceptors (Lipinski definition) is 3. The molecule has 1 fully saturated rings. The van der Waals surface area contributed by atoms with E-state index < -0.39 is 12.0 Å². The molecule has 1 aliphatic rings. The molecule has 0 bridgehead atoms. The van der Waals surface area contributed by atoms with Gasteiger partial charge in [-0.1, -0.05) is 6.08 Å². The van der Waals surface area contributed by atoms with Crippen LogP contribution < -0.4 is 5.32 Å². The molecule has 1 saturated heterocycles. The quantitative estimate of drug-likeness (QED) is 0.650. The second-order valence-corrected chi connectivity index (χ2v) is 3.83. The van der Waals surface area contributed by atoms with Crippen molar-refractivity contribution in [2.45, 2.75) is 25.3 Å². The molecule has 0 spiro atoms. The maximum absolute atomic E-state index is 11.6. The summed E-state index contributed by atoms with van der Waals surface area (Å²) >= 11 is 0. The Morgan fingerprint density at radius 1 is 1.62 bits per heavy atom. The van der Waals surface area contributed by atoms with Crippen molar-refractivity contribution in [1.82, 2.24) is 5.32 Å². The number of ether oxygens (including phenoxy) is 1. The second kappa shape index (κ2) is 6.27. The van der Waals surface area contributed by atoms with Gasteiger partial charge in [0, 0.05) is 6.61 Å². The van der Waals surface area contributed by atoms with Gasteiger partial charge in [-0.2, -0.15) is 0 Å². The molecule has 0 aromatic carbocycles. The first-order chi connectivity index (χ1) is 7.65. The normalized spacial score (nSPS) is 21.4. The zero-order valence-corrected chi connectivity index (χ0v) is 9.15. The van der Waals surface area contributed by atoms with Crippen molar-refractivity contribution in [3.05, 3.63) is 12.7 Å². The lowest BCUT2D eigenvalue weighted by atomic mass is 10.1. The number of hydrogen-bond donors (Lipinski definition) is 2. The number of carbonyl (C=O) groups excluding carboxylic acids is 1. The third-order valence-corrected chi connectivity index (χ3v) is 2.57. The fraction of sp³-hybridized carbons (Fsp3) is 0.636. The Morgan fingerprint density at radius 3 is 2.88 bits per heavy atom. The van der Waals surface area contributed by atoms with Gasteiger partial charge in [-0.25, -0.2) is 4.79 Å². The molecule has 5 nitrogen and oxygen atoms in total. The third kappa shape index (κ3) is 3.66. The highest BCUT2D eigenvalue weighted by Gasteiger charge is 2.27. The highest BCUT2D eigenvalue weighted by molar-refractivity contribution is 5.85. The van der Waals surface area contributed by atoms with Crippen molar-refractivity contribution >= 4 is 11.9 Å². The van der Waals surface area contributed by atoms with Crippen LogP contribution in [0.15, 0.2) is 12.7 Å². The summed E-state index contributed by atoms with van der Waals surface area (Å²) in [5.74, 6) is -1.44. The van der Waals surface area contributed by atoms with E-state index in [1.54, 1.807) is 6.08 Å². The number of amides is 1. The number of carbonyl (C=O) groups is 2. The molecule has 1 rings (SSSR count). The fourth-order valence-corrected chi connectivity index (χ4v) is 1.57. The average molecular weight is 227 g/mol. The first-order valence-corrected chi connectivity index (χ1v) is 5.37. The molecule has 0 unspecified atom stereocenters. The van der Waals surface area contributed by atoms with Crippen LogP contribution in [-0.4, -0.2) is 36.2 Å². The standard InChI is InChI=1S/C11H17NO4/c1-2-3-4-9(11(14)15)12-10(13)8-5-6-16-7-8/h2,8-9H,1,3-7H2,(H,12,13)(H,14,15)/t8-,9-/m1/s1. The van der Waals surface area contributed by atoms with Gasteiger partial charge < -0.3 is 15.2 Å². The predicted molar refractivity (Wildman–Crippen MR) is 57.9 cm³/mol. The van der Waals surface area contributed by atoms with Crippen molar-refractivity contribution in [3.8, 4) is 0 Å². The SMILES string of the molecule is C=CCC[C@@H](NC(=O)[C@@H]1CCOC1)C(=O)O. The Balaban J connectivity index is 2.43. The summed E-state index contributed by atoms with van der Waals surface area (Å²) in [7, 11) is 0.